The van der Waals surface area contributed by atoms with Gasteiger partial charge in [0.2, 0.25) is 0 Å². The quantitative estimate of drug-likeness (QED) is 0.195. The smallest absolute Gasteiger partial charge is 0.192 e. The molecule has 1 aromatic carbocycles. The van der Waals surface area contributed by atoms with Gasteiger partial charge in [0.25, 0.3) is 0 Å². The van der Waals surface area contributed by atoms with E-state index in [0.717, 1.165) is 12.8 Å². The van der Waals surface area contributed by atoms with E-state index in [1.165, 1.54) is 5.56 Å². The van der Waals surface area contributed by atoms with Crippen LogP contribution in [0.5, 0.6) is 0 Å². The zero-order valence-electron chi connectivity index (χ0n) is 23.3. The molecule has 3 atom stereocenters. The number of carbonyl (C=O) groups excluding carboxylic acids is 1. The lowest BCUT2D eigenvalue weighted by atomic mass is 9.99. The molecule has 0 amide bonds. The zero-order valence-corrected chi connectivity index (χ0v) is 25.3. The van der Waals surface area contributed by atoms with E-state index in [0.29, 0.717) is 12.0 Å². The van der Waals surface area contributed by atoms with Crippen LogP contribution in [0.25, 0.3) is 0 Å². The van der Waals surface area contributed by atoms with E-state index in [-0.39, 0.29) is 34.0 Å². The predicted molar refractivity (Wildman–Crippen MR) is 150 cm³/mol. The van der Waals surface area contributed by atoms with Gasteiger partial charge in [0.05, 0.1) is 12.2 Å². The van der Waals surface area contributed by atoms with Gasteiger partial charge in [0, 0.05) is 12.3 Å². The third kappa shape index (κ3) is 7.36. The number of hydrogen-bond donors (Lipinski definition) is 0. The summed E-state index contributed by atoms with van der Waals surface area (Å²) in [5, 5.41) is 0.227. The number of ketones is 1. The lowest BCUT2D eigenvalue weighted by Crippen LogP contribution is -2.45. The minimum atomic E-state index is -2.00. The highest BCUT2D eigenvalue weighted by molar-refractivity contribution is 6.74. The second-order valence-corrected chi connectivity index (χ2v) is 22.4. The molecule has 0 spiro atoms. The Hall–Kier alpha value is -1.28. The molecule has 1 aliphatic carbocycles. The molecule has 5 heteroatoms. The fraction of sp³-hybridized carbons (Fsp3) is 0.621. The van der Waals surface area contributed by atoms with Crippen molar-refractivity contribution in [3.05, 3.63) is 60.2 Å². The Morgan fingerprint density at radius 1 is 1.00 bits per heavy atom. The minimum Gasteiger partial charge on any atom is -0.413 e. The maximum atomic E-state index is 12.6. The summed E-state index contributed by atoms with van der Waals surface area (Å²) in [7, 11) is -3.96. The third-order valence-electron chi connectivity index (χ3n) is 8.15. The third-order valence-corrected chi connectivity index (χ3v) is 17.2. The van der Waals surface area contributed by atoms with Crippen molar-refractivity contribution in [3.63, 3.8) is 0 Å². The molecule has 0 heterocycles. The van der Waals surface area contributed by atoms with Crippen molar-refractivity contribution >= 4 is 22.4 Å². The van der Waals surface area contributed by atoms with Gasteiger partial charge in [0.15, 0.2) is 22.4 Å². The van der Waals surface area contributed by atoms with Crippen LogP contribution in [-0.2, 0) is 20.1 Å². The van der Waals surface area contributed by atoms with Crippen molar-refractivity contribution in [2.75, 3.05) is 0 Å². The van der Waals surface area contributed by atoms with Crippen molar-refractivity contribution < 1.29 is 13.6 Å². The van der Waals surface area contributed by atoms with Gasteiger partial charge in [-0.1, -0.05) is 90.6 Å². The first-order valence-corrected chi connectivity index (χ1v) is 18.6. The summed E-state index contributed by atoms with van der Waals surface area (Å²) >= 11 is 0. The highest BCUT2D eigenvalue weighted by atomic mass is 28.4. The Labute approximate surface area is 211 Å². The van der Waals surface area contributed by atoms with Crippen LogP contribution in [0.15, 0.2) is 54.6 Å². The van der Waals surface area contributed by atoms with Crippen LogP contribution in [0.1, 0.15) is 59.9 Å². The summed E-state index contributed by atoms with van der Waals surface area (Å²) in [5.41, 5.74) is 1.99. The number of hydrogen-bond acceptors (Lipinski definition) is 3. The Bertz CT molecular complexity index is 873. The summed E-state index contributed by atoms with van der Waals surface area (Å²) in [5.74, 6) is 0.0494. The van der Waals surface area contributed by atoms with Gasteiger partial charge in [-0.15, -0.1) is 0 Å². The van der Waals surface area contributed by atoms with E-state index in [1.807, 2.05) is 0 Å². The minimum absolute atomic E-state index is 0.00174. The normalized spacial score (nSPS) is 21.5. The fourth-order valence-electron chi connectivity index (χ4n) is 3.71. The maximum absolute atomic E-state index is 12.6. The van der Waals surface area contributed by atoms with E-state index in [1.54, 1.807) is 0 Å². The van der Waals surface area contributed by atoms with Gasteiger partial charge in [-0.3, -0.25) is 4.79 Å². The van der Waals surface area contributed by atoms with Gasteiger partial charge in [-0.05, 0) is 60.2 Å². The number of carbonyl (C=O) groups is 1. The Morgan fingerprint density at radius 2 is 1.56 bits per heavy atom. The summed E-state index contributed by atoms with van der Waals surface area (Å²) in [6.07, 6.45) is 6.52. The molecule has 34 heavy (non-hydrogen) atoms. The van der Waals surface area contributed by atoms with E-state index in [9.17, 15) is 4.79 Å². The first-order valence-electron chi connectivity index (χ1n) is 12.7. The molecule has 2 rings (SSSR count). The molecule has 3 nitrogen and oxygen atoms in total. The van der Waals surface area contributed by atoms with Crippen molar-refractivity contribution in [2.24, 2.45) is 5.92 Å². The number of benzene rings is 1. The molecular weight excluding hydrogens is 452 g/mol. The first-order chi connectivity index (χ1) is 15.4. The van der Waals surface area contributed by atoms with Crippen LogP contribution >= 0.6 is 0 Å². The average Bonchev–Trinajstić information content (AvgIpc) is 2.95. The monoisotopic (exact) mass is 500 g/mol. The highest BCUT2D eigenvalue weighted by Crippen LogP contribution is 2.42. The largest absolute Gasteiger partial charge is 0.413 e. The first kappa shape index (κ1) is 29.0. The molecule has 0 radical (unpaired) electrons. The maximum Gasteiger partial charge on any atom is 0.192 e. The molecule has 0 saturated heterocycles. The van der Waals surface area contributed by atoms with Gasteiger partial charge in [0.1, 0.15) is 0 Å². The number of rotatable bonds is 9. The van der Waals surface area contributed by atoms with Gasteiger partial charge in [-0.2, -0.15) is 0 Å². The summed E-state index contributed by atoms with van der Waals surface area (Å²) in [6.45, 7) is 26.8. The molecule has 0 bridgehead atoms. The number of Topliss-reactive ketones (excluding diaryl/α,β-unsaturated/α-hetero) is 1. The van der Waals surface area contributed by atoms with Gasteiger partial charge < -0.3 is 8.85 Å². The van der Waals surface area contributed by atoms with Crippen molar-refractivity contribution in [3.8, 4) is 0 Å². The molecule has 0 unspecified atom stereocenters. The zero-order chi connectivity index (χ0) is 25.9. The molecule has 0 aromatic heterocycles. The van der Waals surface area contributed by atoms with Crippen LogP contribution in [0.4, 0.5) is 0 Å². The van der Waals surface area contributed by atoms with Crippen LogP contribution in [0, 0.1) is 5.92 Å². The second-order valence-electron chi connectivity index (χ2n) is 12.9. The average molecular weight is 501 g/mol. The summed E-state index contributed by atoms with van der Waals surface area (Å²) in [6, 6.07) is 10.6. The second kappa shape index (κ2) is 10.8. The lowest BCUT2D eigenvalue weighted by molar-refractivity contribution is -0.115. The van der Waals surface area contributed by atoms with Crippen molar-refractivity contribution in [1.82, 2.24) is 0 Å². The van der Waals surface area contributed by atoms with E-state index < -0.39 is 16.6 Å². The standard InChI is InChI=1S/C29H48O3Si2/c1-22-25(27(21-26(22)30)32-34(10,11)29(5,6)7)20-19-24(31-33(8,9)28(2,3)4)18-17-23-15-13-12-14-16-23/h12-16,19-20,24-25,27H,1,17-18,21H2,2-11H3/t24-,25+,27+/m0/s1. The molecule has 1 aliphatic rings. The highest BCUT2D eigenvalue weighted by Gasteiger charge is 2.44. The van der Waals surface area contributed by atoms with Crippen LogP contribution in [0.2, 0.25) is 36.3 Å². The predicted octanol–water partition coefficient (Wildman–Crippen LogP) is 8.10. The molecule has 1 fully saturated rings. The fourth-order valence-corrected chi connectivity index (χ4v) is 6.36. The van der Waals surface area contributed by atoms with Crippen LogP contribution in [-0.4, -0.2) is 34.6 Å². The Balaban J connectivity index is 2.27. The molecule has 1 aromatic rings. The number of aryl methyl sites for hydroxylation is 1. The Kier molecular flexibility index (Phi) is 9.17. The molecule has 1 saturated carbocycles. The van der Waals surface area contributed by atoms with Crippen molar-refractivity contribution in [1.29, 1.82) is 0 Å². The van der Waals surface area contributed by atoms with Crippen LogP contribution < -0.4 is 0 Å². The lowest BCUT2D eigenvalue weighted by Gasteiger charge is -2.40. The molecular formula is C29H48O3Si2. The Morgan fingerprint density at radius 3 is 2.09 bits per heavy atom. The molecule has 0 aliphatic heterocycles. The van der Waals surface area contributed by atoms with Gasteiger partial charge >= 0.3 is 0 Å². The summed E-state index contributed by atoms with van der Waals surface area (Å²) < 4.78 is 13.5. The van der Waals surface area contributed by atoms with E-state index in [2.05, 4.69) is 117 Å². The molecule has 0 N–H and O–H groups in total. The van der Waals surface area contributed by atoms with Crippen LogP contribution in [0.3, 0.4) is 0 Å². The van der Waals surface area contributed by atoms with Crippen molar-refractivity contribution in [2.45, 2.75) is 109 Å². The van der Waals surface area contributed by atoms with Gasteiger partial charge in [-0.25, -0.2) is 0 Å². The summed E-state index contributed by atoms with van der Waals surface area (Å²) in [4.78, 5) is 12.6. The van der Waals surface area contributed by atoms with E-state index >= 15 is 0 Å². The molecule has 190 valence electrons. The topological polar surface area (TPSA) is 35.5 Å². The van der Waals surface area contributed by atoms with E-state index in [4.69, 9.17) is 8.85 Å². The SMILES string of the molecule is C=C1C(=O)C[C@@H](O[Si](C)(C)C(C)(C)C)[C@@H]1C=C[C@H](CCc1ccccc1)O[Si](C)(C)C(C)(C)C.